The number of benzene rings is 1. The van der Waals surface area contributed by atoms with E-state index in [2.05, 4.69) is 0 Å². The van der Waals surface area contributed by atoms with Crippen molar-refractivity contribution in [1.29, 1.82) is 0 Å². The monoisotopic (exact) mass is 188 g/mol. The molecule has 0 bridgehead atoms. The average molecular weight is 188 g/mol. The first-order valence-corrected chi connectivity index (χ1v) is 4.81. The molecule has 0 saturated carbocycles. The molecular weight excluding hydrogens is 175 g/mol. The third-order valence-corrected chi connectivity index (χ3v) is 2.44. The number of hydrogen-bond donors (Lipinski definition) is 0. The highest BCUT2D eigenvalue weighted by atomic mass is 19.1. The van der Waals surface area contributed by atoms with E-state index < -0.39 is 5.67 Å². The van der Waals surface area contributed by atoms with E-state index in [1.807, 2.05) is 42.5 Å². The third-order valence-electron chi connectivity index (χ3n) is 2.44. The molecule has 0 N–H and O–H groups in total. The second-order valence-corrected chi connectivity index (χ2v) is 3.84. The van der Waals surface area contributed by atoms with E-state index in [1.54, 1.807) is 13.0 Å². The van der Waals surface area contributed by atoms with Crippen molar-refractivity contribution in [3.8, 4) is 0 Å². The minimum atomic E-state index is -1.17. The van der Waals surface area contributed by atoms with Gasteiger partial charge in [0.15, 0.2) is 0 Å². The molecule has 0 nitrogen and oxygen atoms in total. The number of allylic oxidation sites excluding steroid dienone is 4. The predicted octanol–water partition coefficient (Wildman–Crippen LogP) is 3.76. The topological polar surface area (TPSA) is 0 Å². The third kappa shape index (κ3) is 1.92. The highest BCUT2D eigenvalue weighted by Crippen LogP contribution is 2.28. The highest BCUT2D eigenvalue weighted by molar-refractivity contribution is 5.75. The Morgan fingerprint density at radius 1 is 1.21 bits per heavy atom. The van der Waals surface area contributed by atoms with Crippen LogP contribution in [0.2, 0.25) is 0 Å². The summed E-state index contributed by atoms with van der Waals surface area (Å²) in [7, 11) is 0. The summed E-state index contributed by atoms with van der Waals surface area (Å²) >= 11 is 0. The van der Waals surface area contributed by atoms with Crippen LogP contribution in [0.1, 0.15) is 18.9 Å². The zero-order valence-electron chi connectivity index (χ0n) is 8.20. The molecule has 1 aromatic carbocycles. The maximum Gasteiger partial charge on any atom is 0.130 e. The van der Waals surface area contributed by atoms with Crippen LogP contribution in [0.5, 0.6) is 0 Å². The van der Waals surface area contributed by atoms with Gasteiger partial charge in [-0.3, -0.25) is 0 Å². The Balaban J connectivity index is 2.25. The molecule has 14 heavy (non-hydrogen) atoms. The second-order valence-electron chi connectivity index (χ2n) is 3.84. The first kappa shape index (κ1) is 9.20. The first-order chi connectivity index (χ1) is 6.67. The van der Waals surface area contributed by atoms with Crippen molar-refractivity contribution in [2.75, 3.05) is 0 Å². The molecule has 2 rings (SSSR count). The zero-order valence-corrected chi connectivity index (χ0v) is 8.20. The SMILES string of the molecule is CC1(F)C=CC(c2ccccc2)=CC1. The molecule has 1 aromatic rings. The molecule has 1 unspecified atom stereocenters. The van der Waals surface area contributed by atoms with Gasteiger partial charge in [0.25, 0.3) is 0 Å². The smallest absolute Gasteiger partial charge is 0.130 e. The van der Waals surface area contributed by atoms with Crippen molar-refractivity contribution in [3.63, 3.8) is 0 Å². The molecule has 1 aliphatic carbocycles. The number of alkyl halides is 1. The number of rotatable bonds is 1. The Morgan fingerprint density at radius 2 is 1.93 bits per heavy atom. The Kier molecular flexibility index (Phi) is 2.24. The van der Waals surface area contributed by atoms with Gasteiger partial charge in [-0.25, -0.2) is 4.39 Å². The fraction of sp³-hybridized carbons (Fsp3) is 0.231. The predicted molar refractivity (Wildman–Crippen MR) is 57.7 cm³/mol. The second kappa shape index (κ2) is 3.41. The van der Waals surface area contributed by atoms with Crippen LogP contribution in [0.25, 0.3) is 5.57 Å². The van der Waals surface area contributed by atoms with Gasteiger partial charge in [0.2, 0.25) is 0 Å². The van der Waals surface area contributed by atoms with Crippen molar-refractivity contribution >= 4 is 5.57 Å². The first-order valence-electron chi connectivity index (χ1n) is 4.81. The molecule has 1 heteroatoms. The zero-order chi connectivity index (χ0) is 10.0. The summed E-state index contributed by atoms with van der Waals surface area (Å²) in [6.07, 6.45) is 5.91. The maximum absolute atomic E-state index is 13.4. The van der Waals surface area contributed by atoms with E-state index in [0.717, 1.165) is 11.1 Å². The lowest BCUT2D eigenvalue weighted by atomic mass is 9.92. The summed E-state index contributed by atoms with van der Waals surface area (Å²) in [6, 6.07) is 10.0. The maximum atomic E-state index is 13.4. The highest BCUT2D eigenvalue weighted by Gasteiger charge is 2.20. The Hall–Kier alpha value is -1.37. The molecule has 0 heterocycles. The summed E-state index contributed by atoms with van der Waals surface area (Å²) < 4.78 is 13.4. The van der Waals surface area contributed by atoms with E-state index in [1.165, 1.54) is 0 Å². The van der Waals surface area contributed by atoms with Gasteiger partial charge in [-0.1, -0.05) is 42.5 Å². The summed E-state index contributed by atoms with van der Waals surface area (Å²) in [5.74, 6) is 0. The van der Waals surface area contributed by atoms with Crippen molar-refractivity contribution in [1.82, 2.24) is 0 Å². The Labute approximate surface area is 83.8 Å². The van der Waals surface area contributed by atoms with Crippen molar-refractivity contribution < 1.29 is 4.39 Å². The molecule has 0 fully saturated rings. The van der Waals surface area contributed by atoms with Crippen molar-refractivity contribution in [2.24, 2.45) is 0 Å². The van der Waals surface area contributed by atoms with Gasteiger partial charge in [-0.2, -0.15) is 0 Å². The van der Waals surface area contributed by atoms with Gasteiger partial charge in [0, 0.05) is 6.42 Å². The summed E-state index contributed by atoms with van der Waals surface area (Å²) in [5, 5.41) is 0. The minimum absolute atomic E-state index is 0.466. The minimum Gasteiger partial charge on any atom is -0.239 e. The summed E-state index contributed by atoms with van der Waals surface area (Å²) in [5.41, 5.74) is 1.10. The quantitative estimate of drug-likeness (QED) is 0.629. The fourth-order valence-corrected chi connectivity index (χ4v) is 1.55. The van der Waals surface area contributed by atoms with E-state index >= 15 is 0 Å². The molecule has 0 aromatic heterocycles. The molecule has 1 atom stereocenters. The van der Waals surface area contributed by atoms with Crippen molar-refractivity contribution in [2.45, 2.75) is 19.0 Å². The summed E-state index contributed by atoms with van der Waals surface area (Å²) in [6.45, 7) is 1.60. The summed E-state index contributed by atoms with van der Waals surface area (Å²) in [4.78, 5) is 0. The molecule has 0 radical (unpaired) electrons. The van der Waals surface area contributed by atoms with Crippen LogP contribution in [0, 0.1) is 0 Å². The molecular formula is C13H13F. The fourth-order valence-electron chi connectivity index (χ4n) is 1.55. The van der Waals surface area contributed by atoms with E-state index in [4.69, 9.17) is 0 Å². The van der Waals surface area contributed by atoms with Crippen LogP contribution >= 0.6 is 0 Å². The van der Waals surface area contributed by atoms with Crippen molar-refractivity contribution in [3.05, 3.63) is 54.1 Å². The molecule has 0 aliphatic heterocycles. The lowest BCUT2D eigenvalue weighted by Crippen LogP contribution is -2.14. The lowest BCUT2D eigenvalue weighted by molar-refractivity contribution is 0.260. The Morgan fingerprint density at radius 3 is 2.50 bits per heavy atom. The van der Waals surface area contributed by atoms with Crippen LogP contribution in [-0.2, 0) is 0 Å². The van der Waals surface area contributed by atoms with E-state index in [9.17, 15) is 4.39 Å². The van der Waals surface area contributed by atoms with E-state index in [-0.39, 0.29) is 0 Å². The van der Waals surface area contributed by atoms with Crippen LogP contribution in [0.4, 0.5) is 4.39 Å². The van der Waals surface area contributed by atoms with Gasteiger partial charge in [-0.05, 0) is 24.1 Å². The van der Waals surface area contributed by atoms with Crippen LogP contribution in [0.15, 0.2) is 48.6 Å². The largest absolute Gasteiger partial charge is 0.239 e. The molecule has 0 saturated heterocycles. The molecule has 0 spiro atoms. The van der Waals surface area contributed by atoms with Gasteiger partial charge in [0.1, 0.15) is 5.67 Å². The Bertz CT molecular complexity index is 371. The van der Waals surface area contributed by atoms with E-state index in [0.29, 0.717) is 6.42 Å². The molecule has 1 aliphatic rings. The van der Waals surface area contributed by atoms with Gasteiger partial charge in [-0.15, -0.1) is 0 Å². The van der Waals surface area contributed by atoms with Gasteiger partial charge in [0.05, 0.1) is 0 Å². The number of halogens is 1. The normalized spacial score (nSPS) is 26.0. The van der Waals surface area contributed by atoms with Crippen LogP contribution in [0.3, 0.4) is 0 Å². The van der Waals surface area contributed by atoms with Crippen LogP contribution in [-0.4, -0.2) is 5.67 Å². The standard InChI is InChI=1S/C13H13F/c1-13(14)9-7-12(8-10-13)11-5-3-2-4-6-11/h2-9H,10H2,1H3. The molecule has 72 valence electrons. The molecule has 0 amide bonds. The number of hydrogen-bond acceptors (Lipinski definition) is 0. The van der Waals surface area contributed by atoms with Crippen LogP contribution < -0.4 is 0 Å². The lowest BCUT2D eigenvalue weighted by Gasteiger charge is -2.18. The average Bonchev–Trinajstić information content (AvgIpc) is 2.19. The van der Waals surface area contributed by atoms with Gasteiger partial charge >= 0.3 is 0 Å². The van der Waals surface area contributed by atoms with Gasteiger partial charge < -0.3 is 0 Å².